The van der Waals surface area contributed by atoms with Crippen molar-refractivity contribution in [2.24, 2.45) is 0 Å². The maximum Gasteiger partial charge on any atom is 0.354 e. The van der Waals surface area contributed by atoms with Crippen LogP contribution in [-0.4, -0.2) is 32.1 Å². The van der Waals surface area contributed by atoms with Gasteiger partial charge in [-0.1, -0.05) is 0 Å². The molecule has 0 aliphatic carbocycles. The van der Waals surface area contributed by atoms with E-state index in [0.29, 0.717) is 17.5 Å². The zero-order valence-electron chi connectivity index (χ0n) is 8.07. The molecule has 0 amide bonds. The lowest BCUT2D eigenvalue weighted by Gasteiger charge is -2.00. The number of hydrogen-bond acceptors (Lipinski definition) is 4. The number of aromatic nitrogens is 3. The lowest BCUT2D eigenvalue weighted by molar-refractivity contribution is 0.0690. The van der Waals surface area contributed by atoms with Gasteiger partial charge in [-0.05, 0) is 12.1 Å². The van der Waals surface area contributed by atoms with Crippen molar-refractivity contribution in [2.45, 2.75) is 0 Å². The fourth-order valence-electron chi connectivity index (χ4n) is 1.19. The Morgan fingerprint density at radius 2 is 2.19 bits per heavy atom. The number of aromatic carboxylic acids is 1. The molecule has 0 saturated carbocycles. The smallest absolute Gasteiger partial charge is 0.354 e. The summed E-state index contributed by atoms with van der Waals surface area (Å²) in [7, 11) is 0. The fraction of sp³-hybridized carbons (Fsp3) is 0. The molecule has 0 spiro atoms. The molecule has 6 heteroatoms. The van der Waals surface area contributed by atoms with E-state index < -0.39 is 5.97 Å². The number of carboxylic acids is 1. The van der Waals surface area contributed by atoms with Crippen molar-refractivity contribution in [3.8, 4) is 5.69 Å². The van der Waals surface area contributed by atoms with Crippen molar-refractivity contribution in [3.05, 3.63) is 42.0 Å². The van der Waals surface area contributed by atoms with Crippen molar-refractivity contribution in [3.63, 3.8) is 0 Å². The fourth-order valence-corrected chi connectivity index (χ4v) is 1.19. The van der Waals surface area contributed by atoms with Crippen LogP contribution in [0.4, 0.5) is 0 Å². The predicted molar refractivity (Wildman–Crippen MR) is 53.7 cm³/mol. The maximum atomic E-state index is 10.6. The van der Waals surface area contributed by atoms with Crippen LogP contribution < -0.4 is 0 Å². The number of nitrogens with zero attached hydrogens (tertiary/aromatic N) is 3. The quantitative estimate of drug-likeness (QED) is 0.768. The van der Waals surface area contributed by atoms with Gasteiger partial charge in [-0.15, -0.1) is 0 Å². The molecule has 0 aromatic carbocycles. The molecular weight excluding hydrogens is 210 g/mol. The highest BCUT2D eigenvalue weighted by Gasteiger charge is 2.05. The van der Waals surface area contributed by atoms with Crippen molar-refractivity contribution in [1.82, 2.24) is 14.8 Å². The van der Waals surface area contributed by atoms with E-state index in [1.54, 1.807) is 6.07 Å². The second-order valence-corrected chi connectivity index (χ2v) is 3.04. The van der Waals surface area contributed by atoms with Gasteiger partial charge >= 0.3 is 5.97 Å². The van der Waals surface area contributed by atoms with E-state index in [2.05, 4.69) is 10.1 Å². The molecule has 0 unspecified atom stereocenters. The van der Waals surface area contributed by atoms with Crippen molar-refractivity contribution < 1.29 is 14.7 Å². The number of carbonyl (C=O) groups is 2. The van der Waals surface area contributed by atoms with Crippen molar-refractivity contribution in [1.29, 1.82) is 0 Å². The molecule has 2 rings (SSSR count). The van der Waals surface area contributed by atoms with Gasteiger partial charge in [-0.3, -0.25) is 4.79 Å². The van der Waals surface area contributed by atoms with E-state index >= 15 is 0 Å². The number of pyridine rings is 1. The van der Waals surface area contributed by atoms with Gasteiger partial charge in [0.1, 0.15) is 5.69 Å². The van der Waals surface area contributed by atoms with Crippen molar-refractivity contribution in [2.75, 3.05) is 0 Å². The molecule has 80 valence electrons. The molecule has 0 atom stereocenters. The number of carboxylic acid groups (broad SMARTS) is 1. The van der Waals surface area contributed by atoms with Crippen molar-refractivity contribution >= 4 is 12.3 Å². The van der Waals surface area contributed by atoms with E-state index in [9.17, 15) is 9.59 Å². The first kappa shape index (κ1) is 10.0. The zero-order valence-corrected chi connectivity index (χ0v) is 8.07. The second kappa shape index (κ2) is 3.93. The van der Waals surface area contributed by atoms with Crippen LogP contribution in [0.1, 0.15) is 20.8 Å². The highest BCUT2D eigenvalue weighted by atomic mass is 16.4. The molecule has 0 bridgehead atoms. The third-order valence-electron chi connectivity index (χ3n) is 1.97. The predicted octanol–water partition coefficient (Wildman–Crippen LogP) is 0.778. The Morgan fingerprint density at radius 1 is 1.38 bits per heavy atom. The first-order chi connectivity index (χ1) is 7.70. The second-order valence-electron chi connectivity index (χ2n) is 3.04. The normalized spacial score (nSPS) is 10.0. The summed E-state index contributed by atoms with van der Waals surface area (Å²) in [5.41, 5.74) is 1.01. The van der Waals surface area contributed by atoms with Gasteiger partial charge in [0.15, 0.2) is 6.29 Å². The van der Waals surface area contributed by atoms with E-state index in [0.717, 1.165) is 0 Å². The van der Waals surface area contributed by atoms with Crippen LogP contribution in [0, 0.1) is 0 Å². The summed E-state index contributed by atoms with van der Waals surface area (Å²) in [6.45, 7) is 0. The summed E-state index contributed by atoms with van der Waals surface area (Å²) < 4.78 is 1.45. The molecule has 2 heterocycles. The number of hydrogen-bond donors (Lipinski definition) is 1. The van der Waals surface area contributed by atoms with Gasteiger partial charge in [0, 0.05) is 6.20 Å². The standard InChI is InChI=1S/C10H7N3O3/c14-6-7-3-12-13(5-7)8-1-2-9(10(15)16)11-4-8/h1-6H,(H,15,16). The summed E-state index contributed by atoms with van der Waals surface area (Å²) in [5, 5.41) is 12.6. The SMILES string of the molecule is O=Cc1cnn(-c2ccc(C(=O)O)nc2)c1. The molecule has 0 fully saturated rings. The Labute approximate surface area is 90.2 Å². The molecule has 0 radical (unpaired) electrons. The lowest BCUT2D eigenvalue weighted by Crippen LogP contribution is -2.02. The lowest BCUT2D eigenvalue weighted by atomic mass is 10.3. The third-order valence-corrected chi connectivity index (χ3v) is 1.97. The monoisotopic (exact) mass is 217 g/mol. The Bertz CT molecular complexity index is 530. The minimum Gasteiger partial charge on any atom is -0.477 e. The van der Waals surface area contributed by atoms with E-state index in [1.807, 2.05) is 0 Å². The Morgan fingerprint density at radius 3 is 2.69 bits per heavy atom. The van der Waals surface area contributed by atoms with Gasteiger partial charge < -0.3 is 5.11 Å². The molecule has 2 aromatic heterocycles. The Kier molecular flexibility index (Phi) is 2.47. The zero-order chi connectivity index (χ0) is 11.5. The average Bonchev–Trinajstić information content (AvgIpc) is 2.77. The van der Waals surface area contributed by atoms with Gasteiger partial charge in [0.2, 0.25) is 0 Å². The van der Waals surface area contributed by atoms with E-state index in [-0.39, 0.29) is 5.69 Å². The molecule has 0 aliphatic rings. The molecule has 6 nitrogen and oxygen atoms in total. The largest absolute Gasteiger partial charge is 0.477 e. The first-order valence-electron chi connectivity index (χ1n) is 4.40. The topological polar surface area (TPSA) is 85.1 Å². The number of carbonyl (C=O) groups excluding carboxylic acids is 1. The van der Waals surface area contributed by atoms with Gasteiger partial charge in [-0.25, -0.2) is 14.5 Å². The van der Waals surface area contributed by atoms with Crippen LogP contribution in [0.3, 0.4) is 0 Å². The molecule has 16 heavy (non-hydrogen) atoms. The Balaban J connectivity index is 2.34. The highest BCUT2D eigenvalue weighted by molar-refractivity contribution is 5.85. The third kappa shape index (κ3) is 1.81. The van der Waals surface area contributed by atoms with Gasteiger partial charge in [0.05, 0.1) is 23.6 Å². The van der Waals surface area contributed by atoms with Crippen LogP contribution in [-0.2, 0) is 0 Å². The van der Waals surface area contributed by atoms with Crippen LogP contribution >= 0.6 is 0 Å². The minimum atomic E-state index is -1.08. The highest BCUT2D eigenvalue weighted by Crippen LogP contribution is 2.06. The molecule has 0 aliphatic heterocycles. The van der Waals surface area contributed by atoms with Crippen LogP contribution in [0.25, 0.3) is 5.69 Å². The number of rotatable bonds is 3. The minimum absolute atomic E-state index is 0.0356. The van der Waals surface area contributed by atoms with Gasteiger partial charge in [-0.2, -0.15) is 5.10 Å². The maximum absolute atomic E-state index is 10.6. The number of aldehydes is 1. The summed E-state index contributed by atoms with van der Waals surface area (Å²) >= 11 is 0. The molecule has 0 saturated heterocycles. The van der Waals surface area contributed by atoms with Crippen LogP contribution in [0.2, 0.25) is 0 Å². The Hall–Kier alpha value is -2.50. The summed E-state index contributed by atoms with van der Waals surface area (Å²) in [6, 6.07) is 2.94. The summed E-state index contributed by atoms with van der Waals surface area (Å²) in [6.07, 6.45) is 5.01. The molecule has 1 N–H and O–H groups in total. The molecule has 2 aromatic rings. The van der Waals surface area contributed by atoms with E-state index in [1.165, 1.54) is 29.3 Å². The van der Waals surface area contributed by atoms with Crippen LogP contribution in [0.15, 0.2) is 30.7 Å². The van der Waals surface area contributed by atoms with E-state index in [4.69, 9.17) is 5.11 Å². The van der Waals surface area contributed by atoms with Crippen LogP contribution in [0.5, 0.6) is 0 Å². The first-order valence-corrected chi connectivity index (χ1v) is 4.40. The average molecular weight is 217 g/mol. The van der Waals surface area contributed by atoms with Gasteiger partial charge in [0.25, 0.3) is 0 Å². The summed E-state index contributed by atoms with van der Waals surface area (Å²) in [4.78, 5) is 24.8. The molecular formula is C10H7N3O3. The summed E-state index contributed by atoms with van der Waals surface area (Å²) in [5.74, 6) is -1.08.